The summed E-state index contributed by atoms with van der Waals surface area (Å²) in [4.78, 5) is 15.8. The Labute approximate surface area is 362 Å². The summed E-state index contributed by atoms with van der Waals surface area (Å²) in [6.45, 7) is 4.73. The van der Waals surface area contributed by atoms with Crippen molar-refractivity contribution < 1.29 is 4.42 Å². The Bertz CT molecular complexity index is 3200. The molecule has 0 atom stereocenters. The number of para-hydroxylation sites is 2. The lowest BCUT2D eigenvalue weighted by Gasteiger charge is -2.57. The number of nitrogens with zero attached hydrogens (tertiary/aromatic N) is 3. The predicted molar refractivity (Wildman–Crippen MR) is 252 cm³/mol. The van der Waals surface area contributed by atoms with Gasteiger partial charge in [0.15, 0.2) is 17.5 Å². The fraction of sp³-hybridized carbons (Fsp3) is 0.224. The number of fused-ring (bicyclic) bond motifs is 6. The van der Waals surface area contributed by atoms with Crippen molar-refractivity contribution in [1.82, 2.24) is 15.0 Å². The van der Waals surface area contributed by atoms with Crippen molar-refractivity contribution in [3.8, 4) is 67.5 Å². The van der Waals surface area contributed by atoms with Crippen LogP contribution < -0.4 is 0 Å². The largest absolute Gasteiger partial charge is 0.455 e. The highest BCUT2D eigenvalue weighted by atomic mass is 16.3. The SMILES string of the molecule is CC1(C)c2ccccc2-c2c(-c3ccc(C45CC6CC(CC(C6)C4)C5)cc3)ccc(-c3nc(-c4ccccc4)nc(-c4ccc(-c5cccc6c5oc5ccccc56)cc4)n3)c21. The van der Waals surface area contributed by atoms with Crippen LogP contribution in [0.25, 0.3) is 89.5 Å². The molecule has 5 aliphatic rings. The molecule has 0 aliphatic heterocycles. The summed E-state index contributed by atoms with van der Waals surface area (Å²) in [5, 5.41) is 2.25. The molecule has 0 radical (unpaired) electrons. The van der Waals surface area contributed by atoms with E-state index in [1.54, 1.807) is 5.56 Å². The van der Waals surface area contributed by atoms with Crippen molar-refractivity contribution in [3.05, 3.63) is 174 Å². The van der Waals surface area contributed by atoms with Crippen LogP contribution in [-0.2, 0) is 10.8 Å². The average Bonchev–Trinajstić information content (AvgIpc) is 3.81. The lowest BCUT2D eigenvalue weighted by Crippen LogP contribution is -2.48. The molecular weight excluding hydrogens is 755 g/mol. The summed E-state index contributed by atoms with van der Waals surface area (Å²) in [6.07, 6.45) is 8.54. The van der Waals surface area contributed by atoms with Crippen LogP contribution in [0.4, 0.5) is 0 Å². The summed E-state index contributed by atoms with van der Waals surface area (Å²) in [5.74, 6) is 4.78. The second kappa shape index (κ2) is 13.4. The predicted octanol–water partition coefficient (Wildman–Crippen LogP) is 14.9. The van der Waals surface area contributed by atoms with E-state index in [4.69, 9.17) is 19.4 Å². The van der Waals surface area contributed by atoms with Gasteiger partial charge in [0.2, 0.25) is 0 Å². The highest BCUT2D eigenvalue weighted by Crippen LogP contribution is 2.61. The summed E-state index contributed by atoms with van der Waals surface area (Å²) < 4.78 is 6.41. The first-order valence-corrected chi connectivity index (χ1v) is 22.6. The topological polar surface area (TPSA) is 51.8 Å². The second-order valence-corrected chi connectivity index (χ2v) is 19.4. The van der Waals surface area contributed by atoms with Gasteiger partial charge in [-0.1, -0.05) is 166 Å². The van der Waals surface area contributed by atoms with Crippen LogP contribution in [0.1, 0.15) is 69.1 Å². The molecule has 2 heterocycles. The van der Waals surface area contributed by atoms with E-state index in [1.165, 1.54) is 71.9 Å². The normalized spacial score (nSPS) is 21.7. The molecular formula is C58H47N3O. The maximum absolute atomic E-state index is 6.41. The minimum Gasteiger partial charge on any atom is -0.455 e. The van der Waals surface area contributed by atoms with Crippen LogP contribution >= 0.6 is 0 Å². The number of furan rings is 1. The smallest absolute Gasteiger partial charge is 0.164 e. The fourth-order valence-electron chi connectivity index (χ4n) is 12.9. The van der Waals surface area contributed by atoms with Crippen molar-refractivity contribution in [2.24, 2.45) is 17.8 Å². The molecule has 7 aromatic carbocycles. The molecule has 4 bridgehead atoms. The Morgan fingerprint density at radius 1 is 0.452 bits per heavy atom. The fourth-order valence-corrected chi connectivity index (χ4v) is 12.9. The van der Waals surface area contributed by atoms with Crippen molar-refractivity contribution >= 4 is 21.9 Å². The van der Waals surface area contributed by atoms with Crippen molar-refractivity contribution in [2.75, 3.05) is 0 Å². The Morgan fingerprint density at radius 3 is 1.74 bits per heavy atom. The molecule has 4 fully saturated rings. The van der Waals surface area contributed by atoms with Crippen molar-refractivity contribution in [3.63, 3.8) is 0 Å². The Balaban J connectivity index is 0.937. The van der Waals surface area contributed by atoms with Gasteiger partial charge in [-0.2, -0.15) is 0 Å². The minimum atomic E-state index is -0.282. The zero-order valence-corrected chi connectivity index (χ0v) is 35.2. The first-order valence-electron chi connectivity index (χ1n) is 22.6. The summed E-state index contributed by atoms with van der Waals surface area (Å²) in [6, 6.07) is 56.9. The van der Waals surface area contributed by atoms with Gasteiger partial charge >= 0.3 is 0 Å². The van der Waals surface area contributed by atoms with E-state index in [1.807, 2.05) is 30.3 Å². The van der Waals surface area contributed by atoms with Crippen LogP contribution in [0.5, 0.6) is 0 Å². The third-order valence-electron chi connectivity index (χ3n) is 15.3. The highest BCUT2D eigenvalue weighted by Gasteiger charge is 2.51. The first-order chi connectivity index (χ1) is 30.4. The minimum absolute atomic E-state index is 0.282. The van der Waals surface area contributed by atoms with E-state index in [9.17, 15) is 0 Å². The van der Waals surface area contributed by atoms with Gasteiger partial charge < -0.3 is 4.42 Å². The van der Waals surface area contributed by atoms with Gasteiger partial charge in [-0.3, -0.25) is 0 Å². The Hall–Kier alpha value is -6.65. The molecule has 0 unspecified atom stereocenters. The van der Waals surface area contributed by atoms with Gasteiger partial charge in [0, 0.05) is 38.4 Å². The summed E-state index contributed by atoms with van der Waals surface area (Å²) in [7, 11) is 0. The van der Waals surface area contributed by atoms with Gasteiger partial charge in [-0.05, 0) is 112 Å². The van der Waals surface area contributed by atoms with Crippen LogP contribution in [0, 0.1) is 17.8 Å². The maximum Gasteiger partial charge on any atom is 0.164 e. The lowest BCUT2D eigenvalue weighted by molar-refractivity contribution is -0.00518. The number of hydrogen-bond donors (Lipinski definition) is 0. The van der Waals surface area contributed by atoms with E-state index in [2.05, 4.69) is 141 Å². The zero-order chi connectivity index (χ0) is 41.2. The van der Waals surface area contributed by atoms with E-state index >= 15 is 0 Å². The van der Waals surface area contributed by atoms with Crippen molar-refractivity contribution in [1.29, 1.82) is 0 Å². The summed E-state index contributed by atoms with van der Waals surface area (Å²) >= 11 is 0. The van der Waals surface area contributed by atoms with Crippen LogP contribution in [-0.4, -0.2) is 15.0 Å². The molecule has 4 nitrogen and oxygen atoms in total. The first kappa shape index (κ1) is 36.0. The molecule has 2 aromatic heterocycles. The van der Waals surface area contributed by atoms with Gasteiger partial charge in [0.05, 0.1) is 0 Å². The van der Waals surface area contributed by atoms with E-state index in [-0.39, 0.29) is 5.41 Å². The van der Waals surface area contributed by atoms with Crippen molar-refractivity contribution in [2.45, 2.75) is 63.2 Å². The molecule has 62 heavy (non-hydrogen) atoms. The third kappa shape index (κ3) is 5.48. The van der Waals surface area contributed by atoms with Gasteiger partial charge in [0.1, 0.15) is 11.2 Å². The molecule has 4 heteroatoms. The molecule has 300 valence electrons. The van der Waals surface area contributed by atoms with E-state index < -0.39 is 0 Å². The monoisotopic (exact) mass is 801 g/mol. The summed E-state index contributed by atoms with van der Waals surface area (Å²) in [5.41, 5.74) is 16.3. The van der Waals surface area contributed by atoms with Gasteiger partial charge in [-0.15, -0.1) is 0 Å². The molecule has 5 aliphatic carbocycles. The molecule has 4 saturated carbocycles. The average molecular weight is 802 g/mol. The maximum atomic E-state index is 6.41. The zero-order valence-electron chi connectivity index (χ0n) is 35.2. The second-order valence-electron chi connectivity index (χ2n) is 19.4. The molecule has 14 rings (SSSR count). The Morgan fingerprint density at radius 2 is 1.00 bits per heavy atom. The number of benzene rings is 7. The lowest BCUT2D eigenvalue weighted by atomic mass is 9.48. The highest BCUT2D eigenvalue weighted by molar-refractivity contribution is 6.09. The van der Waals surface area contributed by atoms with E-state index in [0.717, 1.165) is 67.5 Å². The Kier molecular flexibility index (Phi) is 7.80. The van der Waals surface area contributed by atoms with Crippen LogP contribution in [0.2, 0.25) is 0 Å². The molecule has 0 N–H and O–H groups in total. The van der Waals surface area contributed by atoms with E-state index in [0.29, 0.717) is 22.9 Å². The number of hydrogen-bond acceptors (Lipinski definition) is 4. The quantitative estimate of drug-likeness (QED) is 0.168. The third-order valence-corrected chi connectivity index (χ3v) is 15.3. The number of rotatable bonds is 6. The van der Waals surface area contributed by atoms with Crippen LogP contribution in [0.15, 0.2) is 162 Å². The number of aromatic nitrogens is 3. The van der Waals surface area contributed by atoms with Crippen LogP contribution in [0.3, 0.4) is 0 Å². The molecule has 9 aromatic rings. The molecule has 0 amide bonds. The molecule has 0 spiro atoms. The standard InChI is InChI=1S/C58H47N3O/c1-57(2)49-17-8-6-14-47(49)51-43(38-23-25-42(26-24-38)58-32-35-29-36(33-58)31-37(30-35)34-58)27-28-48(52(51)57)56-60-54(40-11-4-3-5-12-40)59-55(61-56)41-21-19-39(20-22-41)44-15-10-16-46-45-13-7-9-18-50(45)62-53(44)46/h3-28,35-37H,29-34H2,1-2H3. The van der Waals surface area contributed by atoms with Gasteiger partial charge in [0.25, 0.3) is 0 Å². The van der Waals surface area contributed by atoms with Gasteiger partial charge in [-0.25, -0.2) is 15.0 Å². The molecule has 0 saturated heterocycles.